The lowest BCUT2D eigenvalue weighted by Crippen LogP contribution is -2.21. The SMILES string of the molecule is CCN(C)C(C)c1ccc2nc(Nc3cccnc3Oc3ccccc3C(C)(C)C)[nH]c2c1. The highest BCUT2D eigenvalue weighted by Crippen LogP contribution is 2.36. The molecule has 0 radical (unpaired) electrons. The number of para-hydroxylation sites is 1. The highest BCUT2D eigenvalue weighted by Gasteiger charge is 2.20. The van der Waals surface area contributed by atoms with E-state index in [0.717, 1.165) is 34.6 Å². The maximum atomic E-state index is 6.28. The highest BCUT2D eigenvalue weighted by atomic mass is 16.5. The van der Waals surface area contributed by atoms with Gasteiger partial charge in [-0.1, -0.05) is 52.0 Å². The predicted octanol–water partition coefficient (Wildman–Crippen LogP) is 6.80. The smallest absolute Gasteiger partial charge is 0.243 e. The Morgan fingerprint density at radius 2 is 1.88 bits per heavy atom. The van der Waals surface area contributed by atoms with Crippen LogP contribution in [0.1, 0.15) is 51.8 Å². The number of rotatable bonds is 7. The molecule has 0 aliphatic heterocycles. The number of aromatic nitrogens is 3. The van der Waals surface area contributed by atoms with Gasteiger partial charge in [-0.15, -0.1) is 0 Å². The number of aromatic amines is 1. The number of benzene rings is 2. The summed E-state index contributed by atoms with van der Waals surface area (Å²) in [5.74, 6) is 1.96. The van der Waals surface area contributed by atoms with Crippen molar-refractivity contribution in [3.63, 3.8) is 0 Å². The number of anilines is 2. The molecule has 1 unspecified atom stereocenters. The standard InChI is InChI=1S/C27H33N5O/c1-7-32(6)18(2)19-14-15-21-23(17-19)31-26(29-21)30-22-12-10-16-28-25(22)33-24-13-9-8-11-20(24)27(3,4)5/h8-18H,7H2,1-6H3,(H2,29,30,31). The van der Waals surface area contributed by atoms with E-state index >= 15 is 0 Å². The molecule has 2 N–H and O–H groups in total. The molecule has 6 nitrogen and oxygen atoms in total. The molecule has 1 atom stereocenters. The first kappa shape index (κ1) is 22.8. The summed E-state index contributed by atoms with van der Waals surface area (Å²) in [6.45, 7) is 11.9. The third-order valence-corrected chi connectivity index (χ3v) is 6.07. The highest BCUT2D eigenvalue weighted by molar-refractivity contribution is 5.79. The van der Waals surface area contributed by atoms with E-state index in [1.165, 1.54) is 5.56 Å². The molecule has 2 aromatic carbocycles. The molecule has 172 valence electrons. The number of H-pyrrole nitrogens is 1. The fourth-order valence-electron chi connectivity index (χ4n) is 3.85. The van der Waals surface area contributed by atoms with Gasteiger partial charge >= 0.3 is 0 Å². The number of fused-ring (bicyclic) bond motifs is 1. The average molecular weight is 444 g/mol. The van der Waals surface area contributed by atoms with Crippen LogP contribution in [-0.2, 0) is 5.41 Å². The van der Waals surface area contributed by atoms with Crippen molar-refractivity contribution in [3.8, 4) is 11.6 Å². The largest absolute Gasteiger partial charge is 0.437 e. The molecule has 0 amide bonds. The van der Waals surface area contributed by atoms with E-state index in [1.54, 1.807) is 6.20 Å². The number of nitrogens with zero attached hydrogens (tertiary/aromatic N) is 3. The Labute approximate surface area is 196 Å². The lowest BCUT2D eigenvalue weighted by molar-refractivity contribution is 0.276. The summed E-state index contributed by atoms with van der Waals surface area (Å²) in [5, 5.41) is 3.36. The average Bonchev–Trinajstić information content (AvgIpc) is 3.20. The Morgan fingerprint density at radius 3 is 2.64 bits per heavy atom. The van der Waals surface area contributed by atoms with Crippen LogP contribution in [0, 0.1) is 0 Å². The first-order valence-electron chi connectivity index (χ1n) is 11.5. The van der Waals surface area contributed by atoms with E-state index in [-0.39, 0.29) is 5.41 Å². The van der Waals surface area contributed by atoms with Gasteiger partial charge in [-0.2, -0.15) is 0 Å². The van der Waals surface area contributed by atoms with Crippen molar-refractivity contribution in [1.29, 1.82) is 0 Å². The first-order chi connectivity index (χ1) is 15.8. The van der Waals surface area contributed by atoms with Gasteiger partial charge in [0, 0.05) is 17.8 Å². The minimum Gasteiger partial charge on any atom is -0.437 e. The molecule has 4 rings (SSSR count). The van der Waals surface area contributed by atoms with Gasteiger partial charge in [-0.3, -0.25) is 4.90 Å². The van der Waals surface area contributed by atoms with Gasteiger partial charge in [0.25, 0.3) is 0 Å². The molecule has 2 heterocycles. The topological polar surface area (TPSA) is 66.1 Å². The van der Waals surface area contributed by atoms with Crippen LogP contribution in [0.3, 0.4) is 0 Å². The zero-order chi connectivity index (χ0) is 23.6. The summed E-state index contributed by atoms with van der Waals surface area (Å²) in [7, 11) is 2.14. The number of hydrogen-bond donors (Lipinski definition) is 2. The number of hydrogen-bond acceptors (Lipinski definition) is 5. The number of imidazole rings is 1. The molecule has 6 heteroatoms. The molecule has 33 heavy (non-hydrogen) atoms. The quantitative estimate of drug-likeness (QED) is 0.329. The second-order valence-corrected chi connectivity index (χ2v) is 9.44. The molecular formula is C27H33N5O. The fraction of sp³-hybridized carbons (Fsp3) is 0.333. The third-order valence-electron chi connectivity index (χ3n) is 6.07. The van der Waals surface area contributed by atoms with Crippen molar-refractivity contribution >= 4 is 22.7 Å². The van der Waals surface area contributed by atoms with Crippen LogP contribution in [0.4, 0.5) is 11.6 Å². The van der Waals surface area contributed by atoms with Crippen molar-refractivity contribution in [1.82, 2.24) is 19.9 Å². The molecule has 0 saturated heterocycles. The lowest BCUT2D eigenvalue weighted by atomic mass is 9.86. The molecule has 0 fully saturated rings. The van der Waals surface area contributed by atoms with Crippen LogP contribution in [-0.4, -0.2) is 33.4 Å². The van der Waals surface area contributed by atoms with E-state index in [2.05, 4.69) is 86.1 Å². The van der Waals surface area contributed by atoms with E-state index < -0.39 is 0 Å². The summed E-state index contributed by atoms with van der Waals surface area (Å²) in [6.07, 6.45) is 1.73. The summed E-state index contributed by atoms with van der Waals surface area (Å²) in [5.41, 5.74) is 5.00. The summed E-state index contributed by atoms with van der Waals surface area (Å²) >= 11 is 0. The minimum atomic E-state index is -0.0433. The Balaban J connectivity index is 1.61. The second kappa shape index (κ2) is 9.24. The zero-order valence-corrected chi connectivity index (χ0v) is 20.3. The molecule has 0 aliphatic rings. The van der Waals surface area contributed by atoms with Crippen LogP contribution in [0.15, 0.2) is 60.8 Å². The fourth-order valence-corrected chi connectivity index (χ4v) is 3.85. The number of pyridine rings is 1. The van der Waals surface area contributed by atoms with E-state index in [0.29, 0.717) is 17.9 Å². The summed E-state index contributed by atoms with van der Waals surface area (Å²) in [6, 6.07) is 18.6. The maximum absolute atomic E-state index is 6.28. The van der Waals surface area contributed by atoms with E-state index in [4.69, 9.17) is 9.72 Å². The van der Waals surface area contributed by atoms with Crippen LogP contribution in [0.5, 0.6) is 11.6 Å². The third kappa shape index (κ3) is 5.01. The van der Waals surface area contributed by atoms with Crippen LogP contribution < -0.4 is 10.1 Å². The van der Waals surface area contributed by atoms with Crippen molar-refractivity contribution in [2.75, 3.05) is 18.9 Å². The Hall–Kier alpha value is -3.38. The Bertz CT molecular complexity index is 1240. The minimum absolute atomic E-state index is 0.0433. The Morgan fingerprint density at radius 1 is 1.09 bits per heavy atom. The lowest BCUT2D eigenvalue weighted by Gasteiger charge is -2.23. The second-order valence-electron chi connectivity index (χ2n) is 9.44. The van der Waals surface area contributed by atoms with Crippen molar-refractivity contribution in [2.24, 2.45) is 0 Å². The van der Waals surface area contributed by atoms with Gasteiger partial charge in [0.15, 0.2) is 0 Å². The van der Waals surface area contributed by atoms with Crippen LogP contribution in [0.2, 0.25) is 0 Å². The number of nitrogens with one attached hydrogen (secondary N) is 2. The maximum Gasteiger partial charge on any atom is 0.243 e. The molecule has 0 aliphatic carbocycles. The van der Waals surface area contributed by atoms with E-state index in [1.807, 2.05) is 30.3 Å². The van der Waals surface area contributed by atoms with Gasteiger partial charge in [0.05, 0.1) is 11.0 Å². The van der Waals surface area contributed by atoms with Gasteiger partial charge < -0.3 is 15.0 Å². The molecule has 0 bridgehead atoms. The first-order valence-corrected chi connectivity index (χ1v) is 11.5. The summed E-state index contributed by atoms with van der Waals surface area (Å²) in [4.78, 5) is 14.9. The van der Waals surface area contributed by atoms with Crippen molar-refractivity contribution in [3.05, 3.63) is 71.9 Å². The molecule has 0 spiro atoms. The predicted molar refractivity (Wildman–Crippen MR) is 136 cm³/mol. The monoisotopic (exact) mass is 443 g/mol. The molecule has 2 aromatic heterocycles. The van der Waals surface area contributed by atoms with Gasteiger partial charge in [0.2, 0.25) is 11.8 Å². The van der Waals surface area contributed by atoms with Crippen molar-refractivity contribution < 1.29 is 4.74 Å². The molecule has 4 aromatic rings. The summed E-state index contributed by atoms with van der Waals surface area (Å²) < 4.78 is 6.28. The van der Waals surface area contributed by atoms with Crippen LogP contribution >= 0.6 is 0 Å². The molecule has 0 saturated carbocycles. The van der Waals surface area contributed by atoms with Gasteiger partial charge in [-0.25, -0.2) is 9.97 Å². The van der Waals surface area contributed by atoms with E-state index in [9.17, 15) is 0 Å². The zero-order valence-electron chi connectivity index (χ0n) is 20.3. The normalized spacial score (nSPS) is 12.8. The van der Waals surface area contributed by atoms with Crippen molar-refractivity contribution in [2.45, 2.75) is 46.1 Å². The van der Waals surface area contributed by atoms with Crippen LogP contribution in [0.25, 0.3) is 11.0 Å². The van der Waals surface area contributed by atoms with Gasteiger partial charge in [0.1, 0.15) is 11.4 Å². The Kier molecular flexibility index (Phi) is 6.38. The number of ether oxygens (including phenoxy) is 1. The molecular weight excluding hydrogens is 410 g/mol. The van der Waals surface area contributed by atoms with Gasteiger partial charge in [-0.05, 0) is 61.8 Å².